The first-order valence-electron chi connectivity index (χ1n) is 8.84. The Kier molecular flexibility index (Phi) is 5.07. The van der Waals surface area contributed by atoms with Crippen LogP contribution in [0.25, 0.3) is 0 Å². The molecule has 0 radical (unpaired) electrons. The van der Waals surface area contributed by atoms with Crippen LogP contribution in [0.2, 0.25) is 0 Å². The van der Waals surface area contributed by atoms with E-state index in [-0.39, 0.29) is 23.8 Å². The zero-order valence-electron chi connectivity index (χ0n) is 14.5. The summed E-state index contributed by atoms with van der Waals surface area (Å²) in [6.07, 6.45) is 3.34. The third-order valence-corrected chi connectivity index (χ3v) is 5.07. The van der Waals surface area contributed by atoms with E-state index >= 15 is 0 Å². The Labute approximate surface area is 143 Å². The second-order valence-corrected chi connectivity index (χ2v) is 6.77. The van der Waals surface area contributed by atoms with E-state index in [1.165, 1.54) is 5.56 Å². The van der Waals surface area contributed by atoms with E-state index in [2.05, 4.69) is 17.4 Å². The Morgan fingerprint density at radius 3 is 2.71 bits per heavy atom. The van der Waals surface area contributed by atoms with Gasteiger partial charge in [0.2, 0.25) is 11.8 Å². The average molecular weight is 330 g/mol. The van der Waals surface area contributed by atoms with Crippen molar-refractivity contribution in [3.8, 4) is 5.75 Å². The van der Waals surface area contributed by atoms with Crippen molar-refractivity contribution in [3.63, 3.8) is 0 Å². The summed E-state index contributed by atoms with van der Waals surface area (Å²) in [5, 5.41) is 3.02. The first kappa shape index (κ1) is 16.8. The van der Waals surface area contributed by atoms with Crippen molar-refractivity contribution in [2.45, 2.75) is 44.6 Å². The molecular weight excluding hydrogens is 304 g/mol. The maximum absolute atomic E-state index is 12.8. The summed E-state index contributed by atoms with van der Waals surface area (Å²) in [7, 11) is 1.66. The van der Waals surface area contributed by atoms with Crippen LogP contribution < -0.4 is 10.1 Å². The summed E-state index contributed by atoms with van der Waals surface area (Å²) in [5.74, 6) is 1.57. The van der Waals surface area contributed by atoms with Crippen molar-refractivity contribution in [3.05, 3.63) is 29.8 Å². The number of piperidine rings is 1. The summed E-state index contributed by atoms with van der Waals surface area (Å²) >= 11 is 0. The highest BCUT2D eigenvalue weighted by molar-refractivity contribution is 5.83. The lowest BCUT2D eigenvalue weighted by atomic mass is 10.0. The number of carbonyl (C=O) groups excluding carboxylic acids is 2. The molecule has 0 unspecified atom stereocenters. The zero-order chi connectivity index (χ0) is 17.1. The number of likely N-dealkylation sites (tertiary alicyclic amines) is 1. The monoisotopic (exact) mass is 330 g/mol. The molecule has 24 heavy (non-hydrogen) atoms. The third-order valence-electron chi connectivity index (χ3n) is 5.07. The average Bonchev–Trinajstić information content (AvgIpc) is 3.42. The number of hydrogen-bond donors (Lipinski definition) is 1. The highest BCUT2D eigenvalue weighted by Gasteiger charge is 2.46. The van der Waals surface area contributed by atoms with Crippen molar-refractivity contribution >= 4 is 11.8 Å². The molecule has 3 rings (SSSR count). The molecule has 1 saturated carbocycles. The molecule has 0 bridgehead atoms. The van der Waals surface area contributed by atoms with Gasteiger partial charge in [-0.1, -0.05) is 19.1 Å². The first-order valence-corrected chi connectivity index (χ1v) is 8.84. The van der Waals surface area contributed by atoms with Crippen LogP contribution in [0.4, 0.5) is 0 Å². The van der Waals surface area contributed by atoms with Crippen LogP contribution in [0.5, 0.6) is 5.75 Å². The van der Waals surface area contributed by atoms with E-state index in [1.807, 2.05) is 24.0 Å². The molecule has 1 aliphatic heterocycles. The maximum Gasteiger partial charge on any atom is 0.226 e. The molecule has 1 aliphatic carbocycles. The van der Waals surface area contributed by atoms with Gasteiger partial charge >= 0.3 is 0 Å². The van der Waals surface area contributed by atoms with Crippen molar-refractivity contribution < 1.29 is 14.3 Å². The SMILES string of the molecule is CCC(=O)N[C@@H]1CCCN(C(=O)[C@@H]2C[C@@H]2c2ccc(OC)cc2)C1. The number of methoxy groups -OCH3 is 1. The highest BCUT2D eigenvalue weighted by atomic mass is 16.5. The summed E-state index contributed by atoms with van der Waals surface area (Å²) in [4.78, 5) is 26.3. The lowest BCUT2D eigenvalue weighted by Crippen LogP contribution is -2.50. The van der Waals surface area contributed by atoms with Crippen LogP contribution in [0.15, 0.2) is 24.3 Å². The Balaban J connectivity index is 1.56. The Morgan fingerprint density at radius 2 is 2.04 bits per heavy atom. The molecule has 3 atom stereocenters. The Bertz CT molecular complexity index is 599. The van der Waals surface area contributed by atoms with Gasteiger partial charge < -0.3 is 15.0 Å². The van der Waals surface area contributed by atoms with Crippen LogP contribution in [0, 0.1) is 5.92 Å². The lowest BCUT2D eigenvalue weighted by Gasteiger charge is -2.33. The molecular formula is C19H26N2O3. The van der Waals surface area contributed by atoms with Crippen molar-refractivity contribution in [2.24, 2.45) is 5.92 Å². The van der Waals surface area contributed by atoms with Gasteiger partial charge in [0.05, 0.1) is 7.11 Å². The molecule has 5 heteroatoms. The summed E-state index contributed by atoms with van der Waals surface area (Å²) < 4.78 is 5.18. The van der Waals surface area contributed by atoms with Gasteiger partial charge in [0.25, 0.3) is 0 Å². The number of hydrogen-bond acceptors (Lipinski definition) is 3. The minimum Gasteiger partial charge on any atom is -0.497 e. The van der Waals surface area contributed by atoms with Gasteiger partial charge in [0.15, 0.2) is 0 Å². The summed E-state index contributed by atoms with van der Waals surface area (Å²) in [6.45, 7) is 3.31. The quantitative estimate of drug-likeness (QED) is 0.901. The molecule has 0 aromatic heterocycles. The second kappa shape index (κ2) is 7.24. The fraction of sp³-hybridized carbons (Fsp3) is 0.579. The maximum atomic E-state index is 12.8. The minimum atomic E-state index is 0.0665. The van der Waals surface area contributed by atoms with E-state index < -0.39 is 0 Å². The lowest BCUT2D eigenvalue weighted by molar-refractivity contribution is -0.135. The molecule has 1 aromatic rings. The smallest absolute Gasteiger partial charge is 0.226 e. The van der Waals surface area contributed by atoms with Gasteiger partial charge in [-0.15, -0.1) is 0 Å². The van der Waals surface area contributed by atoms with E-state index in [4.69, 9.17) is 4.74 Å². The Hall–Kier alpha value is -2.04. The molecule has 2 aliphatic rings. The van der Waals surface area contributed by atoms with Gasteiger partial charge in [0.1, 0.15) is 5.75 Å². The molecule has 5 nitrogen and oxygen atoms in total. The third kappa shape index (κ3) is 3.71. The number of carbonyl (C=O) groups is 2. The van der Waals surface area contributed by atoms with E-state index in [0.29, 0.717) is 18.9 Å². The zero-order valence-corrected chi connectivity index (χ0v) is 14.5. The van der Waals surface area contributed by atoms with Crippen LogP contribution in [0.1, 0.15) is 44.1 Å². The van der Waals surface area contributed by atoms with Gasteiger partial charge in [0, 0.05) is 31.5 Å². The molecule has 2 fully saturated rings. The minimum absolute atomic E-state index is 0.0665. The number of rotatable bonds is 5. The second-order valence-electron chi connectivity index (χ2n) is 6.77. The Morgan fingerprint density at radius 1 is 1.29 bits per heavy atom. The summed E-state index contributed by atoms with van der Waals surface area (Å²) in [5.41, 5.74) is 1.21. The first-order chi connectivity index (χ1) is 11.6. The molecule has 0 spiro atoms. The number of amides is 2. The van der Waals surface area contributed by atoms with E-state index in [9.17, 15) is 9.59 Å². The van der Waals surface area contributed by atoms with Gasteiger partial charge in [-0.3, -0.25) is 9.59 Å². The number of ether oxygens (including phenoxy) is 1. The van der Waals surface area contributed by atoms with Gasteiger partial charge in [-0.05, 0) is 42.9 Å². The van der Waals surface area contributed by atoms with Crippen LogP contribution in [0.3, 0.4) is 0 Å². The molecule has 1 saturated heterocycles. The molecule has 2 amide bonds. The van der Waals surface area contributed by atoms with Crippen molar-refractivity contribution in [1.82, 2.24) is 10.2 Å². The van der Waals surface area contributed by atoms with E-state index in [0.717, 1.165) is 31.6 Å². The largest absolute Gasteiger partial charge is 0.497 e. The molecule has 1 N–H and O–H groups in total. The molecule has 1 aromatic carbocycles. The topological polar surface area (TPSA) is 58.6 Å². The fourth-order valence-corrected chi connectivity index (χ4v) is 3.55. The van der Waals surface area contributed by atoms with E-state index in [1.54, 1.807) is 7.11 Å². The van der Waals surface area contributed by atoms with Crippen LogP contribution in [-0.4, -0.2) is 43.0 Å². The summed E-state index contributed by atoms with van der Waals surface area (Å²) in [6, 6.07) is 8.11. The number of benzene rings is 1. The van der Waals surface area contributed by atoms with Crippen molar-refractivity contribution in [1.29, 1.82) is 0 Å². The van der Waals surface area contributed by atoms with Crippen molar-refractivity contribution in [2.75, 3.05) is 20.2 Å². The fourth-order valence-electron chi connectivity index (χ4n) is 3.55. The molecule has 1 heterocycles. The number of nitrogens with zero attached hydrogens (tertiary/aromatic N) is 1. The molecule has 130 valence electrons. The predicted octanol–water partition coefficient (Wildman–Crippen LogP) is 2.32. The van der Waals surface area contributed by atoms with Gasteiger partial charge in [-0.2, -0.15) is 0 Å². The van der Waals surface area contributed by atoms with Crippen LogP contribution >= 0.6 is 0 Å². The van der Waals surface area contributed by atoms with Crippen LogP contribution in [-0.2, 0) is 9.59 Å². The van der Waals surface area contributed by atoms with Gasteiger partial charge in [-0.25, -0.2) is 0 Å². The standard InChI is InChI=1S/C19H26N2O3/c1-3-18(22)20-14-5-4-10-21(12-14)19(23)17-11-16(17)13-6-8-15(24-2)9-7-13/h6-9,14,16-17H,3-5,10-12H2,1-2H3,(H,20,22)/t14-,16-,17-/m1/s1. The normalized spacial score (nSPS) is 25.9. The highest BCUT2D eigenvalue weighted by Crippen LogP contribution is 2.48. The number of nitrogens with one attached hydrogen (secondary N) is 1. The predicted molar refractivity (Wildman–Crippen MR) is 91.9 cm³/mol.